The van der Waals surface area contributed by atoms with E-state index in [1.54, 1.807) is 7.11 Å². The summed E-state index contributed by atoms with van der Waals surface area (Å²) in [5.41, 5.74) is 1.04. The van der Waals surface area contributed by atoms with E-state index in [0.29, 0.717) is 13.2 Å². The van der Waals surface area contributed by atoms with E-state index in [4.69, 9.17) is 14.2 Å². The largest absolute Gasteiger partial charge is 0.359 e. The van der Waals surface area contributed by atoms with Gasteiger partial charge in [0.1, 0.15) is 0 Å². The summed E-state index contributed by atoms with van der Waals surface area (Å²) in [6.45, 7) is 1.13. The van der Waals surface area contributed by atoms with Crippen LogP contribution in [-0.4, -0.2) is 26.6 Å². The molecule has 1 heterocycles. The van der Waals surface area contributed by atoms with Gasteiger partial charge >= 0.3 is 0 Å². The molecular formula is C15H15O3. The molecule has 0 saturated carbocycles. The van der Waals surface area contributed by atoms with Gasteiger partial charge in [0.05, 0.1) is 13.2 Å². The molecule has 93 valence electrons. The van der Waals surface area contributed by atoms with Crippen LogP contribution in [0.4, 0.5) is 0 Å². The van der Waals surface area contributed by atoms with E-state index in [1.165, 1.54) is 5.39 Å². The molecule has 3 nitrogen and oxygen atoms in total. The van der Waals surface area contributed by atoms with E-state index in [1.807, 2.05) is 24.3 Å². The second-order valence-electron chi connectivity index (χ2n) is 4.18. The Morgan fingerprint density at radius 2 is 1.89 bits per heavy atom. The van der Waals surface area contributed by atoms with Gasteiger partial charge in [-0.3, -0.25) is 0 Å². The van der Waals surface area contributed by atoms with E-state index >= 15 is 0 Å². The van der Waals surface area contributed by atoms with Gasteiger partial charge in [-0.15, -0.1) is 0 Å². The summed E-state index contributed by atoms with van der Waals surface area (Å²) in [4.78, 5) is 0. The van der Waals surface area contributed by atoms with Crippen molar-refractivity contribution in [3.05, 3.63) is 54.1 Å². The molecule has 0 bridgehead atoms. The van der Waals surface area contributed by atoms with Gasteiger partial charge in [0, 0.05) is 12.7 Å². The van der Waals surface area contributed by atoms with Crippen molar-refractivity contribution in [2.24, 2.45) is 0 Å². The third kappa shape index (κ3) is 2.01. The number of fused-ring (bicyclic) bond motifs is 1. The van der Waals surface area contributed by atoms with E-state index < -0.39 is 6.29 Å². The van der Waals surface area contributed by atoms with E-state index in [2.05, 4.69) is 18.2 Å². The van der Waals surface area contributed by atoms with Crippen LogP contribution >= 0.6 is 0 Å². The normalized spacial score (nSPS) is 21.3. The molecule has 1 aliphatic heterocycles. The van der Waals surface area contributed by atoms with Crippen LogP contribution in [0, 0.1) is 6.10 Å². The molecule has 0 spiro atoms. The van der Waals surface area contributed by atoms with E-state index in [9.17, 15) is 0 Å². The second-order valence-corrected chi connectivity index (χ2v) is 4.18. The van der Waals surface area contributed by atoms with Crippen molar-refractivity contribution in [1.82, 2.24) is 0 Å². The zero-order valence-corrected chi connectivity index (χ0v) is 10.3. The van der Waals surface area contributed by atoms with Crippen LogP contribution < -0.4 is 0 Å². The van der Waals surface area contributed by atoms with Gasteiger partial charge in [0.25, 0.3) is 0 Å². The van der Waals surface area contributed by atoms with Crippen molar-refractivity contribution < 1.29 is 14.2 Å². The van der Waals surface area contributed by atoms with E-state index in [-0.39, 0.29) is 0 Å². The smallest absolute Gasteiger partial charge is 0.194 e. The predicted molar refractivity (Wildman–Crippen MR) is 69.0 cm³/mol. The monoisotopic (exact) mass is 243 g/mol. The first-order chi connectivity index (χ1) is 8.90. The molecule has 0 N–H and O–H groups in total. The lowest BCUT2D eigenvalue weighted by molar-refractivity contribution is -0.186. The molecule has 1 saturated heterocycles. The third-order valence-corrected chi connectivity index (χ3v) is 3.09. The number of hydrogen-bond donors (Lipinski definition) is 0. The molecule has 1 unspecified atom stereocenters. The summed E-state index contributed by atoms with van der Waals surface area (Å²) < 4.78 is 16.6. The van der Waals surface area contributed by atoms with Crippen molar-refractivity contribution in [2.45, 2.75) is 6.29 Å². The van der Waals surface area contributed by atoms with Crippen LogP contribution in [-0.2, 0) is 14.2 Å². The standard InChI is InChI=1S/C15H15O3/c1-16-15-14(17-9-10-18-15)13-8-4-6-11-5-2-3-7-12(11)13/h2-8,15H,9-10H2,1H3. The lowest BCUT2D eigenvalue weighted by Crippen LogP contribution is -2.34. The summed E-state index contributed by atoms with van der Waals surface area (Å²) >= 11 is 0. The van der Waals surface area contributed by atoms with Gasteiger partial charge in [0.15, 0.2) is 12.4 Å². The lowest BCUT2D eigenvalue weighted by Gasteiger charge is -2.30. The highest BCUT2D eigenvalue weighted by Crippen LogP contribution is 2.31. The fourth-order valence-corrected chi connectivity index (χ4v) is 2.27. The first-order valence-corrected chi connectivity index (χ1v) is 6.02. The van der Waals surface area contributed by atoms with Gasteiger partial charge in [0.2, 0.25) is 0 Å². The number of rotatable bonds is 2. The topological polar surface area (TPSA) is 27.7 Å². The van der Waals surface area contributed by atoms with Gasteiger partial charge < -0.3 is 14.2 Å². The molecule has 2 aromatic carbocycles. The molecule has 0 aliphatic carbocycles. The van der Waals surface area contributed by atoms with Gasteiger partial charge in [-0.25, -0.2) is 0 Å². The third-order valence-electron chi connectivity index (χ3n) is 3.09. The van der Waals surface area contributed by atoms with Crippen molar-refractivity contribution in [3.63, 3.8) is 0 Å². The van der Waals surface area contributed by atoms with Crippen molar-refractivity contribution >= 4 is 10.8 Å². The Balaban J connectivity index is 2.07. The minimum atomic E-state index is -0.412. The maximum atomic E-state index is 5.74. The number of ether oxygens (including phenoxy) is 3. The van der Waals surface area contributed by atoms with Crippen LogP contribution in [0.2, 0.25) is 0 Å². The molecular weight excluding hydrogens is 228 g/mol. The number of methoxy groups -OCH3 is 1. The predicted octanol–water partition coefficient (Wildman–Crippen LogP) is 2.74. The minimum absolute atomic E-state index is 0.412. The summed E-state index contributed by atoms with van der Waals surface area (Å²) in [5, 5.41) is 2.34. The quantitative estimate of drug-likeness (QED) is 0.811. The second kappa shape index (κ2) is 5.06. The van der Waals surface area contributed by atoms with Crippen LogP contribution in [0.5, 0.6) is 0 Å². The highest BCUT2D eigenvalue weighted by molar-refractivity contribution is 5.87. The Hall–Kier alpha value is -1.42. The number of hydrogen-bond acceptors (Lipinski definition) is 3. The van der Waals surface area contributed by atoms with Gasteiger partial charge in [-0.2, -0.15) is 0 Å². The molecule has 0 amide bonds. The zero-order valence-electron chi connectivity index (χ0n) is 10.3. The fraction of sp³-hybridized carbons (Fsp3) is 0.267. The minimum Gasteiger partial charge on any atom is -0.359 e. The Morgan fingerprint density at radius 1 is 1.06 bits per heavy atom. The van der Waals surface area contributed by atoms with Crippen LogP contribution in [0.1, 0.15) is 5.56 Å². The SMILES string of the molecule is COC1OCCO[C]1c1cccc2ccccc12. The van der Waals surface area contributed by atoms with Crippen molar-refractivity contribution in [3.8, 4) is 0 Å². The molecule has 2 aromatic rings. The Bertz CT molecular complexity index is 533. The molecule has 3 heteroatoms. The van der Waals surface area contributed by atoms with Crippen LogP contribution in [0.15, 0.2) is 42.5 Å². The highest BCUT2D eigenvalue weighted by Gasteiger charge is 2.30. The first-order valence-electron chi connectivity index (χ1n) is 6.02. The highest BCUT2D eigenvalue weighted by atomic mass is 16.7. The molecule has 1 atom stereocenters. The Labute approximate surface area is 106 Å². The lowest BCUT2D eigenvalue weighted by atomic mass is 9.99. The molecule has 1 radical (unpaired) electrons. The van der Waals surface area contributed by atoms with E-state index in [0.717, 1.165) is 17.1 Å². The van der Waals surface area contributed by atoms with Crippen molar-refractivity contribution in [1.29, 1.82) is 0 Å². The molecule has 3 rings (SSSR count). The average molecular weight is 243 g/mol. The van der Waals surface area contributed by atoms with Gasteiger partial charge in [-0.05, 0) is 10.8 Å². The molecule has 18 heavy (non-hydrogen) atoms. The summed E-state index contributed by atoms with van der Waals surface area (Å²) in [6, 6.07) is 14.4. The van der Waals surface area contributed by atoms with Crippen LogP contribution in [0.3, 0.4) is 0 Å². The summed E-state index contributed by atoms with van der Waals surface area (Å²) in [6.07, 6.45) is 0.352. The van der Waals surface area contributed by atoms with Gasteiger partial charge in [-0.1, -0.05) is 42.5 Å². The number of benzene rings is 2. The zero-order chi connectivity index (χ0) is 12.4. The Kier molecular flexibility index (Phi) is 3.28. The first kappa shape index (κ1) is 11.7. The maximum absolute atomic E-state index is 5.74. The Morgan fingerprint density at radius 3 is 2.78 bits per heavy atom. The summed E-state index contributed by atoms with van der Waals surface area (Å²) in [7, 11) is 1.63. The molecule has 0 aromatic heterocycles. The molecule has 1 fully saturated rings. The maximum Gasteiger partial charge on any atom is 0.194 e. The molecule has 1 aliphatic rings. The summed E-state index contributed by atoms with van der Waals surface area (Å²) in [5.74, 6) is 0. The van der Waals surface area contributed by atoms with Crippen molar-refractivity contribution in [2.75, 3.05) is 20.3 Å². The van der Waals surface area contributed by atoms with Crippen LogP contribution in [0.25, 0.3) is 10.8 Å². The fourth-order valence-electron chi connectivity index (χ4n) is 2.27. The average Bonchev–Trinajstić information content (AvgIpc) is 2.46.